The number of oxime groups is 1. The van der Waals surface area contributed by atoms with Gasteiger partial charge in [0.25, 0.3) is 0 Å². The standard InChI is InChI=1S/C9H15N3OS/c1-6(8-3-4-14-5-8)11-7(2)9(10)12-13/h3-7,11,13H,1-2H3,(H2,10,12). The number of hydrogen-bond donors (Lipinski definition) is 3. The molecule has 14 heavy (non-hydrogen) atoms. The van der Waals surface area contributed by atoms with E-state index >= 15 is 0 Å². The zero-order valence-corrected chi connectivity index (χ0v) is 9.08. The van der Waals surface area contributed by atoms with Gasteiger partial charge >= 0.3 is 0 Å². The lowest BCUT2D eigenvalue weighted by atomic mass is 10.1. The predicted octanol–water partition coefficient (Wildman–Crippen LogP) is 1.53. The number of nitrogens with one attached hydrogen (secondary N) is 1. The van der Waals surface area contributed by atoms with Crippen LogP contribution in [0.5, 0.6) is 0 Å². The number of thiophene rings is 1. The third kappa shape index (κ3) is 2.71. The average Bonchev–Trinajstić information content (AvgIpc) is 2.69. The summed E-state index contributed by atoms with van der Waals surface area (Å²) in [4.78, 5) is 0. The highest BCUT2D eigenvalue weighted by Crippen LogP contribution is 2.15. The quantitative estimate of drug-likeness (QED) is 0.307. The number of nitrogens with zero attached hydrogens (tertiary/aromatic N) is 1. The normalized spacial score (nSPS) is 16.6. The molecule has 2 unspecified atom stereocenters. The van der Waals surface area contributed by atoms with Crippen LogP contribution < -0.4 is 11.1 Å². The molecule has 0 spiro atoms. The van der Waals surface area contributed by atoms with Gasteiger partial charge in [-0.3, -0.25) is 0 Å². The van der Waals surface area contributed by atoms with Crippen molar-refractivity contribution < 1.29 is 5.21 Å². The zero-order valence-electron chi connectivity index (χ0n) is 8.27. The van der Waals surface area contributed by atoms with Crippen LogP contribution in [0.25, 0.3) is 0 Å². The van der Waals surface area contributed by atoms with Gasteiger partial charge in [-0.2, -0.15) is 11.3 Å². The Bertz CT molecular complexity index is 297. The summed E-state index contributed by atoms with van der Waals surface area (Å²) in [6.45, 7) is 3.90. The van der Waals surface area contributed by atoms with E-state index in [4.69, 9.17) is 10.9 Å². The second-order valence-corrected chi connectivity index (χ2v) is 3.97. The van der Waals surface area contributed by atoms with E-state index in [2.05, 4.69) is 21.9 Å². The summed E-state index contributed by atoms with van der Waals surface area (Å²) < 4.78 is 0. The molecule has 0 aromatic carbocycles. The van der Waals surface area contributed by atoms with Crippen LogP contribution in [0.2, 0.25) is 0 Å². The third-order valence-electron chi connectivity index (χ3n) is 2.10. The Hall–Kier alpha value is -1.07. The lowest BCUT2D eigenvalue weighted by molar-refractivity contribution is 0.314. The third-order valence-corrected chi connectivity index (χ3v) is 2.80. The van der Waals surface area contributed by atoms with E-state index in [-0.39, 0.29) is 17.9 Å². The molecule has 1 rings (SSSR count). The van der Waals surface area contributed by atoms with Crippen LogP contribution in [0, 0.1) is 0 Å². The molecule has 0 aliphatic carbocycles. The summed E-state index contributed by atoms with van der Waals surface area (Å²) in [5.74, 6) is 0.201. The Kier molecular flexibility index (Phi) is 3.91. The molecule has 0 radical (unpaired) electrons. The van der Waals surface area contributed by atoms with E-state index in [1.807, 2.05) is 19.2 Å². The first-order chi connectivity index (χ1) is 6.65. The zero-order chi connectivity index (χ0) is 10.6. The summed E-state index contributed by atoms with van der Waals surface area (Å²) >= 11 is 1.66. The summed E-state index contributed by atoms with van der Waals surface area (Å²) in [6.07, 6.45) is 0. The lowest BCUT2D eigenvalue weighted by Crippen LogP contribution is -2.40. The van der Waals surface area contributed by atoms with Gasteiger partial charge < -0.3 is 16.3 Å². The van der Waals surface area contributed by atoms with Gasteiger partial charge in [0.15, 0.2) is 5.84 Å². The van der Waals surface area contributed by atoms with E-state index in [0.717, 1.165) is 0 Å². The van der Waals surface area contributed by atoms with Crippen molar-refractivity contribution in [1.29, 1.82) is 0 Å². The minimum absolute atomic E-state index is 0.130. The van der Waals surface area contributed by atoms with Crippen molar-refractivity contribution in [3.63, 3.8) is 0 Å². The van der Waals surface area contributed by atoms with E-state index in [9.17, 15) is 0 Å². The molecule has 0 aliphatic heterocycles. The van der Waals surface area contributed by atoms with E-state index in [0.29, 0.717) is 0 Å². The van der Waals surface area contributed by atoms with Crippen LogP contribution in [-0.4, -0.2) is 17.1 Å². The van der Waals surface area contributed by atoms with Crippen LogP contribution in [-0.2, 0) is 0 Å². The van der Waals surface area contributed by atoms with Crippen molar-refractivity contribution in [2.24, 2.45) is 10.9 Å². The molecule has 1 aromatic heterocycles. The van der Waals surface area contributed by atoms with Gasteiger partial charge in [-0.15, -0.1) is 0 Å². The molecule has 0 saturated carbocycles. The van der Waals surface area contributed by atoms with Gasteiger partial charge in [-0.05, 0) is 36.2 Å². The number of hydrogen-bond acceptors (Lipinski definition) is 4. The Morgan fingerprint density at radius 2 is 2.36 bits per heavy atom. The maximum Gasteiger partial charge on any atom is 0.156 e. The summed E-state index contributed by atoms with van der Waals surface area (Å²) in [7, 11) is 0. The Balaban J connectivity index is 2.53. The number of rotatable bonds is 4. The average molecular weight is 213 g/mol. The van der Waals surface area contributed by atoms with Crippen molar-refractivity contribution in [1.82, 2.24) is 5.32 Å². The molecule has 0 fully saturated rings. The molecular weight excluding hydrogens is 198 g/mol. The van der Waals surface area contributed by atoms with Crippen molar-refractivity contribution in [3.8, 4) is 0 Å². The molecule has 0 amide bonds. The second kappa shape index (κ2) is 4.97. The van der Waals surface area contributed by atoms with Gasteiger partial charge in [0.05, 0.1) is 6.04 Å². The van der Waals surface area contributed by atoms with E-state index in [1.165, 1.54) is 5.56 Å². The molecule has 1 aromatic rings. The Morgan fingerprint density at radius 1 is 1.64 bits per heavy atom. The molecule has 5 heteroatoms. The highest BCUT2D eigenvalue weighted by atomic mass is 32.1. The molecular formula is C9H15N3OS. The minimum Gasteiger partial charge on any atom is -0.409 e. The highest BCUT2D eigenvalue weighted by molar-refractivity contribution is 7.07. The second-order valence-electron chi connectivity index (χ2n) is 3.19. The van der Waals surface area contributed by atoms with Crippen LogP contribution >= 0.6 is 11.3 Å². The van der Waals surface area contributed by atoms with E-state index in [1.54, 1.807) is 11.3 Å². The topological polar surface area (TPSA) is 70.6 Å². The molecule has 2 atom stereocenters. The van der Waals surface area contributed by atoms with Crippen molar-refractivity contribution in [2.45, 2.75) is 25.9 Å². The number of amidine groups is 1. The largest absolute Gasteiger partial charge is 0.409 e. The van der Waals surface area contributed by atoms with Crippen molar-refractivity contribution in [2.75, 3.05) is 0 Å². The fourth-order valence-corrected chi connectivity index (χ4v) is 1.92. The van der Waals surface area contributed by atoms with Crippen molar-refractivity contribution in [3.05, 3.63) is 22.4 Å². The van der Waals surface area contributed by atoms with Gasteiger partial charge in [0.2, 0.25) is 0 Å². The summed E-state index contributed by atoms with van der Waals surface area (Å²) in [5, 5.41) is 18.8. The first-order valence-corrected chi connectivity index (χ1v) is 5.35. The van der Waals surface area contributed by atoms with Gasteiger partial charge in [0, 0.05) is 6.04 Å². The van der Waals surface area contributed by atoms with Gasteiger partial charge in [-0.1, -0.05) is 5.16 Å². The smallest absolute Gasteiger partial charge is 0.156 e. The summed E-state index contributed by atoms with van der Waals surface area (Å²) in [6, 6.07) is 2.13. The highest BCUT2D eigenvalue weighted by Gasteiger charge is 2.12. The molecule has 0 bridgehead atoms. The van der Waals surface area contributed by atoms with Gasteiger partial charge in [-0.25, -0.2) is 0 Å². The minimum atomic E-state index is -0.130. The first kappa shape index (κ1) is 11.0. The van der Waals surface area contributed by atoms with E-state index < -0.39 is 0 Å². The van der Waals surface area contributed by atoms with Gasteiger partial charge in [0.1, 0.15) is 0 Å². The fraction of sp³-hybridized carbons (Fsp3) is 0.444. The molecule has 0 aliphatic rings. The SMILES string of the molecule is CC(NC(C)c1ccsc1)C(N)=NO. The monoisotopic (exact) mass is 213 g/mol. The number of nitrogens with two attached hydrogens (primary N) is 1. The molecule has 1 heterocycles. The fourth-order valence-electron chi connectivity index (χ4n) is 1.16. The summed E-state index contributed by atoms with van der Waals surface area (Å²) in [5.41, 5.74) is 6.67. The maximum absolute atomic E-state index is 8.47. The first-order valence-electron chi connectivity index (χ1n) is 4.40. The molecule has 0 saturated heterocycles. The lowest BCUT2D eigenvalue weighted by Gasteiger charge is -2.17. The maximum atomic E-state index is 8.47. The van der Waals surface area contributed by atoms with Crippen molar-refractivity contribution >= 4 is 17.2 Å². The Labute approximate surface area is 87.4 Å². The molecule has 4 nitrogen and oxygen atoms in total. The van der Waals surface area contributed by atoms with Crippen LogP contribution in [0.1, 0.15) is 25.5 Å². The molecule has 4 N–H and O–H groups in total. The predicted molar refractivity (Wildman–Crippen MR) is 58.7 cm³/mol. The van der Waals surface area contributed by atoms with Crippen LogP contribution in [0.3, 0.4) is 0 Å². The van der Waals surface area contributed by atoms with Crippen LogP contribution in [0.15, 0.2) is 22.0 Å². The Morgan fingerprint density at radius 3 is 2.86 bits per heavy atom. The molecule has 78 valence electrons. The van der Waals surface area contributed by atoms with Crippen LogP contribution in [0.4, 0.5) is 0 Å².